The molecule has 0 aliphatic carbocycles. The van der Waals surface area contributed by atoms with E-state index in [0.717, 1.165) is 10.9 Å². The van der Waals surface area contributed by atoms with Crippen molar-refractivity contribution in [2.75, 3.05) is 7.11 Å². The van der Waals surface area contributed by atoms with Crippen LogP contribution < -0.4 is 5.32 Å². The molecule has 0 radical (unpaired) electrons. The number of benzene rings is 1. The largest absolute Gasteiger partial charge is 0.467 e. The Morgan fingerprint density at radius 1 is 1.19 bits per heavy atom. The van der Waals surface area contributed by atoms with E-state index in [1.54, 1.807) is 12.3 Å². The third-order valence-corrected chi connectivity index (χ3v) is 3.30. The fraction of sp³-hybridized carbons (Fsp3) is 0.312. The van der Waals surface area contributed by atoms with Gasteiger partial charge in [0.05, 0.1) is 18.2 Å². The Labute approximate surface area is 123 Å². The van der Waals surface area contributed by atoms with Gasteiger partial charge in [-0.1, -0.05) is 32.0 Å². The molecule has 0 unspecified atom stereocenters. The summed E-state index contributed by atoms with van der Waals surface area (Å²) < 4.78 is 4.73. The third-order valence-electron chi connectivity index (χ3n) is 3.30. The number of nitrogens with zero attached hydrogens (tertiary/aromatic N) is 1. The summed E-state index contributed by atoms with van der Waals surface area (Å²) in [5.74, 6) is -0.816. The average Bonchev–Trinajstić information content (AvgIpc) is 2.50. The number of aromatic nitrogens is 1. The molecule has 0 bridgehead atoms. The highest BCUT2D eigenvalue weighted by Gasteiger charge is 2.25. The smallest absolute Gasteiger partial charge is 0.328 e. The number of ether oxygens (including phenoxy) is 1. The van der Waals surface area contributed by atoms with Crippen LogP contribution in [0.1, 0.15) is 24.2 Å². The second kappa shape index (κ2) is 6.35. The summed E-state index contributed by atoms with van der Waals surface area (Å²) in [6, 6.07) is 8.36. The van der Waals surface area contributed by atoms with Crippen molar-refractivity contribution in [3.05, 3.63) is 42.1 Å². The van der Waals surface area contributed by atoms with Crippen LogP contribution in [0.25, 0.3) is 10.9 Å². The van der Waals surface area contributed by atoms with Crippen molar-refractivity contribution in [2.24, 2.45) is 5.92 Å². The summed E-state index contributed by atoms with van der Waals surface area (Å²) in [5, 5.41) is 3.49. The van der Waals surface area contributed by atoms with Crippen LogP contribution in [0.5, 0.6) is 0 Å². The second-order valence-corrected chi connectivity index (χ2v) is 5.09. The molecule has 0 spiro atoms. The number of pyridine rings is 1. The van der Waals surface area contributed by atoms with E-state index in [2.05, 4.69) is 10.3 Å². The summed E-state index contributed by atoms with van der Waals surface area (Å²) in [6.45, 7) is 3.71. The van der Waals surface area contributed by atoms with Gasteiger partial charge in [0.1, 0.15) is 6.04 Å². The molecule has 2 rings (SSSR count). The number of nitrogens with one attached hydrogen (secondary N) is 1. The van der Waals surface area contributed by atoms with Crippen molar-refractivity contribution < 1.29 is 14.3 Å². The van der Waals surface area contributed by atoms with E-state index in [-0.39, 0.29) is 11.8 Å². The van der Waals surface area contributed by atoms with E-state index >= 15 is 0 Å². The number of esters is 1. The van der Waals surface area contributed by atoms with Gasteiger partial charge in [-0.15, -0.1) is 0 Å². The molecule has 0 fully saturated rings. The first-order valence-corrected chi connectivity index (χ1v) is 6.77. The number of hydrogen-bond acceptors (Lipinski definition) is 4. The molecule has 0 aliphatic rings. The molecule has 1 aromatic carbocycles. The normalized spacial score (nSPS) is 12.2. The van der Waals surface area contributed by atoms with E-state index in [1.807, 2.05) is 38.1 Å². The zero-order chi connectivity index (χ0) is 15.4. The molecule has 5 heteroatoms. The van der Waals surface area contributed by atoms with Crippen LogP contribution in [0.15, 0.2) is 36.5 Å². The summed E-state index contributed by atoms with van der Waals surface area (Å²) in [6.07, 6.45) is 1.58. The van der Waals surface area contributed by atoms with Crippen molar-refractivity contribution >= 4 is 22.8 Å². The maximum absolute atomic E-state index is 12.4. The third kappa shape index (κ3) is 3.18. The van der Waals surface area contributed by atoms with E-state index in [1.165, 1.54) is 7.11 Å². The van der Waals surface area contributed by atoms with Crippen LogP contribution in [0.4, 0.5) is 0 Å². The highest BCUT2D eigenvalue weighted by molar-refractivity contribution is 6.07. The number of hydrogen-bond donors (Lipinski definition) is 1. The van der Waals surface area contributed by atoms with Gasteiger partial charge < -0.3 is 10.1 Å². The number of para-hydroxylation sites is 1. The predicted molar refractivity (Wildman–Crippen MR) is 79.9 cm³/mol. The molecule has 0 saturated carbocycles. The second-order valence-electron chi connectivity index (χ2n) is 5.09. The van der Waals surface area contributed by atoms with Crippen molar-refractivity contribution in [2.45, 2.75) is 19.9 Å². The lowest BCUT2D eigenvalue weighted by Gasteiger charge is -2.20. The van der Waals surface area contributed by atoms with Gasteiger partial charge in [-0.2, -0.15) is 0 Å². The minimum absolute atomic E-state index is 0.0606. The number of amides is 1. The van der Waals surface area contributed by atoms with Crippen molar-refractivity contribution in [1.29, 1.82) is 0 Å². The fourth-order valence-electron chi connectivity index (χ4n) is 2.14. The standard InChI is InChI=1S/C16H18N2O3/c1-10(2)14(16(20)21-3)18-15(19)12-8-9-17-13-7-5-4-6-11(12)13/h4-10,14H,1-3H3,(H,18,19)/t14-/m1/s1. The van der Waals surface area contributed by atoms with Crippen LogP contribution >= 0.6 is 0 Å². The van der Waals surface area contributed by atoms with Crippen LogP contribution in [-0.4, -0.2) is 30.0 Å². The topological polar surface area (TPSA) is 68.3 Å². The quantitative estimate of drug-likeness (QED) is 0.875. The van der Waals surface area contributed by atoms with Gasteiger partial charge in [-0.3, -0.25) is 9.78 Å². The van der Waals surface area contributed by atoms with Gasteiger partial charge in [0.25, 0.3) is 5.91 Å². The monoisotopic (exact) mass is 286 g/mol. The number of carbonyl (C=O) groups is 2. The first-order valence-electron chi connectivity index (χ1n) is 6.77. The molecule has 1 N–H and O–H groups in total. The maximum atomic E-state index is 12.4. The number of carbonyl (C=O) groups excluding carboxylic acids is 2. The number of rotatable bonds is 4. The summed E-state index contributed by atoms with van der Waals surface area (Å²) >= 11 is 0. The Kier molecular flexibility index (Phi) is 4.52. The fourth-order valence-corrected chi connectivity index (χ4v) is 2.14. The summed E-state index contributed by atoms with van der Waals surface area (Å²) in [4.78, 5) is 28.4. The average molecular weight is 286 g/mol. The first kappa shape index (κ1) is 15.0. The minimum atomic E-state index is -0.672. The van der Waals surface area contributed by atoms with Gasteiger partial charge >= 0.3 is 5.97 Å². The molecule has 1 aromatic heterocycles. The number of methoxy groups -OCH3 is 1. The highest BCUT2D eigenvalue weighted by atomic mass is 16.5. The van der Waals surface area contributed by atoms with E-state index in [9.17, 15) is 9.59 Å². The Bertz CT molecular complexity index is 662. The van der Waals surface area contributed by atoms with Crippen LogP contribution in [-0.2, 0) is 9.53 Å². The van der Waals surface area contributed by atoms with Gasteiger partial charge in [0, 0.05) is 11.6 Å². The summed E-state index contributed by atoms with van der Waals surface area (Å²) in [7, 11) is 1.31. The Hall–Kier alpha value is -2.43. The maximum Gasteiger partial charge on any atom is 0.328 e. The first-order chi connectivity index (χ1) is 10.0. The SMILES string of the molecule is COC(=O)[C@H](NC(=O)c1ccnc2ccccc12)C(C)C. The Morgan fingerprint density at radius 2 is 1.90 bits per heavy atom. The molecule has 1 heterocycles. The number of fused-ring (bicyclic) bond motifs is 1. The molecular weight excluding hydrogens is 268 g/mol. The minimum Gasteiger partial charge on any atom is -0.467 e. The van der Waals surface area contributed by atoms with E-state index < -0.39 is 12.0 Å². The Morgan fingerprint density at radius 3 is 2.57 bits per heavy atom. The summed E-state index contributed by atoms with van der Waals surface area (Å²) in [5.41, 5.74) is 1.24. The lowest BCUT2D eigenvalue weighted by Crippen LogP contribution is -2.45. The lowest BCUT2D eigenvalue weighted by atomic mass is 10.0. The van der Waals surface area contributed by atoms with Gasteiger partial charge in [0.15, 0.2) is 0 Å². The molecule has 5 nitrogen and oxygen atoms in total. The lowest BCUT2D eigenvalue weighted by molar-refractivity contribution is -0.144. The molecule has 1 amide bonds. The molecule has 110 valence electrons. The van der Waals surface area contributed by atoms with Crippen molar-refractivity contribution in [3.8, 4) is 0 Å². The molecule has 21 heavy (non-hydrogen) atoms. The molecule has 1 atom stereocenters. The van der Waals surface area contributed by atoms with E-state index in [4.69, 9.17) is 4.74 Å². The predicted octanol–water partition coefficient (Wildman–Crippen LogP) is 2.16. The molecular formula is C16H18N2O3. The zero-order valence-electron chi connectivity index (χ0n) is 12.3. The van der Waals surface area contributed by atoms with Crippen LogP contribution in [0.2, 0.25) is 0 Å². The molecule has 2 aromatic rings. The van der Waals surface area contributed by atoms with E-state index in [0.29, 0.717) is 5.56 Å². The van der Waals surface area contributed by atoms with Gasteiger partial charge in [0.2, 0.25) is 0 Å². The highest BCUT2D eigenvalue weighted by Crippen LogP contribution is 2.16. The van der Waals surface area contributed by atoms with Crippen molar-refractivity contribution in [3.63, 3.8) is 0 Å². The Balaban J connectivity index is 2.32. The van der Waals surface area contributed by atoms with Crippen LogP contribution in [0.3, 0.4) is 0 Å². The molecule has 0 aliphatic heterocycles. The van der Waals surface area contributed by atoms with Gasteiger partial charge in [-0.25, -0.2) is 4.79 Å². The van der Waals surface area contributed by atoms with Crippen molar-refractivity contribution in [1.82, 2.24) is 10.3 Å². The molecule has 0 saturated heterocycles. The van der Waals surface area contributed by atoms with Gasteiger partial charge in [-0.05, 0) is 18.1 Å². The zero-order valence-corrected chi connectivity index (χ0v) is 12.3. The van der Waals surface area contributed by atoms with Crippen LogP contribution in [0, 0.1) is 5.92 Å².